The quantitative estimate of drug-likeness (QED) is 0.225. The van der Waals surface area contributed by atoms with E-state index >= 15 is 0 Å². The van der Waals surface area contributed by atoms with Crippen LogP contribution < -0.4 is 21.1 Å². The summed E-state index contributed by atoms with van der Waals surface area (Å²) in [4.78, 5) is 41.3. The Balaban J connectivity index is 2.19. The number of hydrogen-bond donors (Lipinski definition) is 4. The van der Waals surface area contributed by atoms with Crippen molar-refractivity contribution < 1.29 is 22.8 Å². The molecule has 0 heterocycles. The van der Waals surface area contributed by atoms with Crippen molar-refractivity contribution in [2.45, 2.75) is 77.8 Å². The predicted molar refractivity (Wildman–Crippen MR) is 171 cm³/mol. The summed E-state index contributed by atoms with van der Waals surface area (Å²) in [6, 6.07) is 11.0. The number of carbonyl (C=O) groups excluding carboxylic acids is 3. The lowest BCUT2D eigenvalue weighted by molar-refractivity contribution is -0.139. The topological polar surface area (TPSA) is 151 Å². The molecule has 0 aromatic heterocycles. The summed E-state index contributed by atoms with van der Waals surface area (Å²) >= 11 is 0. The fourth-order valence-corrected chi connectivity index (χ4v) is 6.09. The van der Waals surface area contributed by atoms with E-state index in [2.05, 4.69) is 15.4 Å². The maximum Gasteiger partial charge on any atom is 0.264 e. The minimum atomic E-state index is -4.15. The number of benzene rings is 2. The van der Waals surface area contributed by atoms with E-state index in [1.807, 2.05) is 65.0 Å². The predicted octanol–water partition coefficient (Wildman–Crippen LogP) is 3.19. The van der Waals surface area contributed by atoms with Crippen LogP contribution >= 0.6 is 0 Å². The Hall–Kier alpha value is -3.70. The summed E-state index contributed by atoms with van der Waals surface area (Å²) in [6.07, 6.45) is 1.47. The number of sulfonamides is 1. The van der Waals surface area contributed by atoms with E-state index < -0.39 is 38.8 Å². The highest BCUT2D eigenvalue weighted by atomic mass is 32.2. The van der Waals surface area contributed by atoms with Crippen LogP contribution in [0.25, 0.3) is 0 Å². The maximum absolute atomic E-state index is 13.6. The van der Waals surface area contributed by atoms with Crippen LogP contribution in [0, 0.1) is 19.3 Å². The molecule has 0 aliphatic carbocycles. The fraction of sp³-hybridized carbons (Fsp3) is 0.469. The number of amides is 3. The van der Waals surface area contributed by atoms with E-state index in [-0.39, 0.29) is 28.8 Å². The van der Waals surface area contributed by atoms with Crippen molar-refractivity contribution in [2.75, 3.05) is 26.4 Å². The normalized spacial score (nSPS) is 14.0. The molecule has 43 heavy (non-hydrogen) atoms. The number of nitrogen functional groups attached to an aromatic ring is 1. The van der Waals surface area contributed by atoms with Crippen molar-refractivity contribution in [3.05, 3.63) is 70.8 Å². The first-order valence-electron chi connectivity index (χ1n) is 14.1. The van der Waals surface area contributed by atoms with Crippen LogP contribution in [0.3, 0.4) is 0 Å². The summed E-state index contributed by atoms with van der Waals surface area (Å²) in [5.74, 6) is -1.48. The molecule has 5 N–H and O–H groups in total. The van der Waals surface area contributed by atoms with Crippen LogP contribution in [-0.4, -0.2) is 63.8 Å². The smallest absolute Gasteiger partial charge is 0.264 e. The molecule has 0 bridgehead atoms. The first-order valence-corrected chi connectivity index (χ1v) is 15.6. The molecule has 0 fully saturated rings. The Morgan fingerprint density at radius 2 is 1.53 bits per heavy atom. The zero-order chi connectivity index (χ0) is 32.9. The highest BCUT2D eigenvalue weighted by molar-refractivity contribution is 7.90. The van der Waals surface area contributed by atoms with Gasteiger partial charge in [-0.25, -0.2) is 13.1 Å². The van der Waals surface area contributed by atoms with Crippen molar-refractivity contribution in [3.8, 4) is 0 Å². The van der Waals surface area contributed by atoms with Crippen LogP contribution in [0.1, 0.15) is 58.2 Å². The zero-order valence-electron chi connectivity index (χ0n) is 27.0. The van der Waals surface area contributed by atoms with Crippen molar-refractivity contribution in [1.29, 1.82) is 0 Å². The minimum absolute atomic E-state index is 0.0194. The van der Waals surface area contributed by atoms with Crippen LogP contribution in [0.15, 0.2) is 59.0 Å². The lowest BCUT2D eigenvalue weighted by Crippen LogP contribution is -2.60. The second-order valence-corrected chi connectivity index (χ2v) is 14.2. The van der Waals surface area contributed by atoms with Gasteiger partial charge in [0.1, 0.15) is 6.04 Å². The monoisotopic (exact) mass is 613 g/mol. The van der Waals surface area contributed by atoms with Gasteiger partial charge in [-0.2, -0.15) is 0 Å². The van der Waals surface area contributed by atoms with E-state index in [9.17, 15) is 22.8 Å². The third kappa shape index (κ3) is 8.45. The van der Waals surface area contributed by atoms with Gasteiger partial charge in [-0.15, -0.1) is 0 Å². The van der Waals surface area contributed by atoms with Crippen LogP contribution in [0.2, 0.25) is 0 Å². The molecule has 0 radical (unpaired) electrons. The van der Waals surface area contributed by atoms with Gasteiger partial charge >= 0.3 is 0 Å². The number of hydrogen-bond acceptors (Lipinski definition) is 7. The Kier molecular flexibility index (Phi) is 11.3. The SMILES string of the molecule is CN[C@H](C(=O)NC(C(=O)N(C)C/C=C(\C)C(=O)NS(=O)(=O)c1ccc(N)c(C)c1C)C(C)(C)C)C(C)(C)c1ccccc1. The molecular weight excluding hydrogens is 566 g/mol. The molecule has 10 nitrogen and oxygen atoms in total. The maximum atomic E-state index is 13.6. The molecule has 0 spiro atoms. The number of nitrogens with two attached hydrogens (primary N) is 1. The largest absolute Gasteiger partial charge is 0.399 e. The van der Waals surface area contributed by atoms with E-state index in [4.69, 9.17) is 5.73 Å². The van der Waals surface area contributed by atoms with Gasteiger partial charge in [0, 0.05) is 30.3 Å². The Labute approximate surface area is 256 Å². The molecule has 2 atom stereocenters. The summed E-state index contributed by atoms with van der Waals surface area (Å²) in [7, 11) is -0.872. The lowest BCUT2D eigenvalue weighted by atomic mass is 9.76. The fourth-order valence-electron chi connectivity index (χ4n) is 4.77. The summed E-state index contributed by atoms with van der Waals surface area (Å²) < 4.78 is 27.9. The molecule has 2 rings (SSSR count). The third-order valence-corrected chi connectivity index (χ3v) is 9.37. The zero-order valence-corrected chi connectivity index (χ0v) is 27.8. The van der Waals surface area contributed by atoms with Crippen LogP contribution in [0.5, 0.6) is 0 Å². The Morgan fingerprint density at radius 1 is 0.953 bits per heavy atom. The van der Waals surface area contributed by atoms with Gasteiger partial charge in [0.05, 0.1) is 10.9 Å². The molecule has 2 aromatic rings. The molecular formula is C32H47N5O5S. The van der Waals surface area contributed by atoms with E-state index in [0.29, 0.717) is 16.8 Å². The van der Waals surface area contributed by atoms with Gasteiger partial charge in [-0.3, -0.25) is 14.4 Å². The van der Waals surface area contributed by atoms with E-state index in [1.165, 1.54) is 30.0 Å². The molecule has 0 saturated heterocycles. The molecule has 11 heteroatoms. The van der Waals surface area contributed by atoms with Gasteiger partial charge in [-0.1, -0.05) is 71.0 Å². The molecule has 3 amide bonds. The van der Waals surface area contributed by atoms with Gasteiger partial charge in [0.25, 0.3) is 15.9 Å². The van der Waals surface area contributed by atoms with E-state index in [1.54, 1.807) is 27.9 Å². The highest BCUT2D eigenvalue weighted by Gasteiger charge is 2.40. The first-order chi connectivity index (χ1) is 19.7. The average molecular weight is 614 g/mol. The van der Waals surface area contributed by atoms with Crippen molar-refractivity contribution in [2.24, 2.45) is 5.41 Å². The van der Waals surface area contributed by atoms with Crippen LogP contribution in [-0.2, 0) is 29.8 Å². The first kappa shape index (κ1) is 35.5. The molecule has 0 aliphatic rings. The molecule has 0 saturated carbocycles. The van der Waals surface area contributed by atoms with Crippen molar-refractivity contribution in [3.63, 3.8) is 0 Å². The Morgan fingerprint density at radius 3 is 2.07 bits per heavy atom. The number of nitrogens with zero attached hydrogens (tertiary/aromatic N) is 1. The molecule has 2 aromatic carbocycles. The van der Waals surface area contributed by atoms with Crippen molar-refractivity contribution in [1.82, 2.24) is 20.3 Å². The highest BCUT2D eigenvalue weighted by Crippen LogP contribution is 2.28. The van der Waals surface area contributed by atoms with Gasteiger partial charge in [-0.05, 0) is 62.1 Å². The standard InChI is InChI=1S/C32H47N5O5S/c1-20(28(38)36-43(41,42)25-17-16-24(33)21(2)22(25)3)18-19-37(10)30(40)27(31(4,5)6)35-29(39)26(34-9)32(7,8)23-14-12-11-13-15-23/h11-18,26-27,34H,19,33H2,1-10H3,(H,35,39)(H,36,38)/b20-18+/t26-,27?/m1/s1. The summed E-state index contributed by atoms with van der Waals surface area (Å²) in [5.41, 5.74) is 7.28. The summed E-state index contributed by atoms with van der Waals surface area (Å²) in [5, 5.41) is 6.07. The summed E-state index contributed by atoms with van der Waals surface area (Å²) in [6.45, 7) is 14.3. The number of likely N-dealkylation sites (N-methyl/N-ethyl adjacent to an activating group) is 2. The number of nitrogens with one attached hydrogen (secondary N) is 3. The molecule has 1 unspecified atom stereocenters. The molecule has 236 valence electrons. The van der Waals surface area contributed by atoms with Gasteiger partial charge < -0.3 is 21.3 Å². The van der Waals surface area contributed by atoms with Crippen molar-refractivity contribution >= 4 is 33.4 Å². The number of anilines is 1. The van der Waals surface area contributed by atoms with Gasteiger partial charge in [0.15, 0.2) is 0 Å². The Bertz CT molecular complexity index is 1480. The minimum Gasteiger partial charge on any atom is -0.399 e. The van der Waals surface area contributed by atoms with Gasteiger partial charge in [0.2, 0.25) is 11.8 Å². The molecule has 0 aliphatic heterocycles. The number of rotatable bonds is 11. The van der Waals surface area contributed by atoms with E-state index in [0.717, 1.165) is 5.56 Å². The van der Waals surface area contributed by atoms with Crippen LogP contribution in [0.4, 0.5) is 5.69 Å². The number of carbonyl (C=O) groups is 3. The lowest BCUT2D eigenvalue weighted by Gasteiger charge is -2.38. The second-order valence-electron chi connectivity index (χ2n) is 12.6. The second kappa shape index (κ2) is 13.7. The average Bonchev–Trinajstić information content (AvgIpc) is 2.92. The third-order valence-electron chi connectivity index (χ3n) is 7.89.